The number of aryl methyl sites for hydroxylation is 1. The smallest absolute Gasteiger partial charge is 0.307 e. The van der Waals surface area contributed by atoms with Gasteiger partial charge in [0.1, 0.15) is 0 Å². The molecule has 0 aliphatic carbocycles. The molecule has 0 aromatic heterocycles. The van der Waals surface area contributed by atoms with Gasteiger partial charge in [0.25, 0.3) is 0 Å². The van der Waals surface area contributed by atoms with Crippen LogP contribution in [0.5, 0.6) is 0 Å². The minimum absolute atomic E-state index is 0.252. The first kappa shape index (κ1) is 20.2. The molecule has 1 N–H and O–H groups in total. The molecule has 0 saturated carbocycles. The van der Waals surface area contributed by atoms with Crippen LogP contribution in [-0.4, -0.2) is 11.1 Å². The monoisotopic (exact) mass is 352 g/mol. The summed E-state index contributed by atoms with van der Waals surface area (Å²) in [6.45, 7) is 8.75. The van der Waals surface area contributed by atoms with Crippen LogP contribution in [0.2, 0.25) is 0 Å². The second-order valence-corrected chi connectivity index (χ2v) is 7.99. The molecular formula is C24H32O2. The van der Waals surface area contributed by atoms with Crippen molar-refractivity contribution < 1.29 is 9.90 Å². The zero-order valence-electron chi connectivity index (χ0n) is 16.5. The molecule has 0 amide bonds. The second kappa shape index (κ2) is 9.02. The molecule has 1 unspecified atom stereocenters. The van der Waals surface area contributed by atoms with Crippen LogP contribution >= 0.6 is 0 Å². The minimum atomic E-state index is -0.677. The van der Waals surface area contributed by atoms with E-state index in [4.69, 9.17) is 0 Å². The molecule has 2 heteroatoms. The largest absolute Gasteiger partial charge is 0.481 e. The molecule has 2 rings (SSSR count). The molecule has 0 aliphatic heterocycles. The van der Waals surface area contributed by atoms with Crippen molar-refractivity contribution in [1.82, 2.24) is 0 Å². The molecule has 0 aliphatic rings. The van der Waals surface area contributed by atoms with Crippen LogP contribution in [0.4, 0.5) is 0 Å². The van der Waals surface area contributed by atoms with E-state index >= 15 is 0 Å². The summed E-state index contributed by atoms with van der Waals surface area (Å²) < 4.78 is 0. The Morgan fingerprint density at radius 3 is 1.73 bits per heavy atom. The number of carboxylic acid groups (broad SMARTS) is 1. The average molecular weight is 353 g/mol. The average Bonchev–Trinajstić information content (AvgIpc) is 2.62. The number of aliphatic carboxylic acids is 1. The van der Waals surface area contributed by atoms with E-state index in [-0.39, 0.29) is 17.3 Å². The first-order valence-electron chi connectivity index (χ1n) is 9.68. The molecule has 0 fully saturated rings. The number of rotatable bonds is 9. The van der Waals surface area contributed by atoms with Crippen LogP contribution in [0.3, 0.4) is 0 Å². The van der Waals surface area contributed by atoms with Crippen molar-refractivity contribution >= 4 is 5.97 Å². The standard InChI is InChI=1S/C24H32O2/c1-18(2)24(19(3)4,16-15-20-11-7-5-8-12-20)22(23(25)26)17-21-13-9-6-10-14-21/h5-14,18-19,22H,15-17H2,1-4H3,(H,25,26). The van der Waals surface area contributed by atoms with Gasteiger partial charge in [-0.3, -0.25) is 4.79 Å². The Balaban J connectivity index is 2.37. The molecule has 26 heavy (non-hydrogen) atoms. The summed E-state index contributed by atoms with van der Waals surface area (Å²) >= 11 is 0. The van der Waals surface area contributed by atoms with Gasteiger partial charge < -0.3 is 5.11 Å². The zero-order valence-corrected chi connectivity index (χ0v) is 16.5. The highest BCUT2D eigenvalue weighted by Gasteiger charge is 2.47. The van der Waals surface area contributed by atoms with Crippen molar-refractivity contribution in [1.29, 1.82) is 0 Å². The topological polar surface area (TPSA) is 37.3 Å². The fourth-order valence-electron chi connectivity index (χ4n) is 4.59. The molecule has 0 saturated heterocycles. The normalized spacial score (nSPS) is 13.2. The van der Waals surface area contributed by atoms with Crippen molar-refractivity contribution in [2.45, 2.75) is 47.0 Å². The maximum absolute atomic E-state index is 12.4. The van der Waals surface area contributed by atoms with Crippen molar-refractivity contribution in [2.75, 3.05) is 0 Å². The SMILES string of the molecule is CC(C)C(CCc1ccccc1)(C(C)C)C(Cc1ccccc1)C(=O)O. The van der Waals surface area contributed by atoms with Gasteiger partial charge in [0.05, 0.1) is 5.92 Å². The fraction of sp³-hybridized carbons (Fsp3) is 0.458. The second-order valence-electron chi connectivity index (χ2n) is 7.99. The van der Waals surface area contributed by atoms with E-state index in [1.165, 1.54) is 5.56 Å². The number of hydrogen-bond donors (Lipinski definition) is 1. The quantitative estimate of drug-likeness (QED) is 0.613. The van der Waals surface area contributed by atoms with Gasteiger partial charge >= 0.3 is 5.97 Å². The highest BCUT2D eigenvalue weighted by Crippen LogP contribution is 2.48. The summed E-state index contributed by atoms with van der Waals surface area (Å²) in [6.07, 6.45) is 2.38. The van der Waals surface area contributed by atoms with Crippen molar-refractivity contribution in [3.63, 3.8) is 0 Å². The van der Waals surface area contributed by atoms with Crippen LogP contribution < -0.4 is 0 Å². The Morgan fingerprint density at radius 1 is 0.846 bits per heavy atom. The maximum atomic E-state index is 12.4. The van der Waals surface area contributed by atoms with E-state index in [9.17, 15) is 9.90 Å². The summed E-state index contributed by atoms with van der Waals surface area (Å²) in [4.78, 5) is 12.4. The van der Waals surface area contributed by atoms with E-state index in [1.54, 1.807) is 0 Å². The first-order chi connectivity index (χ1) is 12.4. The number of benzene rings is 2. The Morgan fingerprint density at radius 2 is 1.31 bits per heavy atom. The van der Waals surface area contributed by atoms with Crippen LogP contribution in [-0.2, 0) is 17.6 Å². The van der Waals surface area contributed by atoms with E-state index in [0.717, 1.165) is 18.4 Å². The third-order valence-electron chi connectivity index (χ3n) is 6.07. The lowest BCUT2D eigenvalue weighted by molar-refractivity contribution is -0.151. The van der Waals surface area contributed by atoms with Crippen LogP contribution in [0.25, 0.3) is 0 Å². The zero-order chi connectivity index (χ0) is 19.2. The third kappa shape index (κ3) is 4.55. The lowest BCUT2D eigenvalue weighted by Gasteiger charge is -2.46. The maximum Gasteiger partial charge on any atom is 0.307 e. The number of carbonyl (C=O) groups is 1. The minimum Gasteiger partial charge on any atom is -0.481 e. The summed E-state index contributed by atoms with van der Waals surface area (Å²) in [6, 6.07) is 20.5. The van der Waals surface area contributed by atoms with Gasteiger partial charge in [-0.05, 0) is 47.6 Å². The van der Waals surface area contributed by atoms with Crippen molar-refractivity contribution in [3.05, 3.63) is 71.8 Å². The van der Waals surface area contributed by atoms with E-state index in [0.29, 0.717) is 6.42 Å². The summed E-state index contributed by atoms with van der Waals surface area (Å²) in [7, 11) is 0. The molecule has 2 aromatic rings. The fourth-order valence-corrected chi connectivity index (χ4v) is 4.59. The molecule has 2 aromatic carbocycles. The Labute approximate surface area is 158 Å². The predicted molar refractivity (Wildman–Crippen MR) is 108 cm³/mol. The molecule has 140 valence electrons. The van der Waals surface area contributed by atoms with Crippen molar-refractivity contribution in [2.24, 2.45) is 23.2 Å². The van der Waals surface area contributed by atoms with E-state index in [1.807, 2.05) is 36.4 Å². The van der Waals surface area contributed by atoms with Gasteiger partial charge in [0.2, 0.25) is 0 Å². The van der Waals surface area contributed by atoms with Crippen molar-refractivity contribution in [3.8, 4) is 0 Å². The van der Waals surface area contributed by atoms with Gasteiger partial charge in [-0.2, -0.15) is 0 Å². The summed E-state index contributed by atoms with van der Waals surface area (Å²) in [5, 5.41) is 10.2. The van der Waals surface area contributed by atoms with Gasteiger partial charge in [-0.1, -0.05) is 88.4 Å². The predicted octanol–water partition coefficient (Wildman–Crippen LogP) is 5.86. The van der Waals surface area contributed by atoms with E-state index < -0.39 is 11.9 Å². The Kier molecular flexibility index (Phi) is 7.02. The van der Waals surface area contributed by atoms with E-state index in [2.05, 4.69) is 52.0 Å². The number of carboxylic acids is 1. The lowest BCUT2D eigenvalue weighted by atomic mass is 9.57. The molecule has 0 radical (unpaired) electrons. The van der Waals surface area contributed by atoms with Crippen LogP contribution in [0, 0.1) is 23.2 Å². The Bertz CT molecular complexity index is 666. The molecule has 2 nitrogen and oxygen atoms in total. The third-order valence-corrected chi connectivity index (χ3v) is 6.07. The summed E-state index contributed by atoms with van der Waals surface area (Å²) in [5.74, 6) is -0.495. The molecular weight excluding hydrogens is 320 g/mol. The highest BCUT2D eigenvalue weighted by atomic mass is 16.4. The number of hydrogen-bond acceptors (Lipinski definition) is 1. The molecule has 0 heterocycles. The molecule has 0 bridgehead atoms. The summed E-state index contributed by atoms with van der Waals surface area (Å²) in [5.41, 5.74) is 2.13. The van der Waals surface area contributed by atoms with Crippen LogP contribution in [0.1, 0.15) is 45.2 Å². The lowest BCUT2D eigenvalue weighted by Crippen LogP contribution is -2.46. The van der Waals surface area contributed by atoms with Gasteiger partial charge in [-0.15, -0.1) is 0 Å². The van der Waals surface area contributed by atoms with Crippen LogP contribution in [0.15, 0.2) is 60.7 Å². The van der Waals surface area contributed by atoms with Gasteiger partial charge in [-0.25, -0.2) is 0 Å². The molecule has 1 atom stereocenters. The first-order valence-corrected chi connectivity index (χ1v) is 9.68. The Hall–Kier alpha value is -2.09. The highest BCUT2D eigenvalue weighted by molar-refractivity contribution is 5.71. The van der Waals surface area contributed by atoms with Gasteiger partial charge in [0.15, 0.2) is 0 Å². The molecule has 0 spiro atoms. The van der Waals surface area contributed by atoms with Gasteiger partial charge in [0, 0.05) is 0 Å².